The van der Waals surface area contributed by atoms with Crippen LogP contribution in [0.1, 0.15) is 5.56 Å². The van der Waals surface area contributed by atoms with Gasteiger partial charge in [0, 0.05) is 18.0 Å². The lowest BCUT2D eigenvalue weighted by Gasteiger charge is -2.06. The second-order valence-electron chi connectivity index (χ2n) is 2.99. The summed E-state index contributed by atoms with van der Waals surface area (Å²) in [4.78, 5) is 0. The van der Waals surface area contributed by atoms with Crippen molar-refractivity contribution in [2.75, 3.05) is 13.6 Å². The maximum Gasteiger partial charge on any atom is 0.116 e. The van der Waals surface area contributed by atoms with Crippen LogP contribution in [0.3, 0.4) is 0 Å². The minimum Gasteiger partial charge on any atom is -0.317 e. The minimum atomic E-state index is -0.828. The summed E-state index contributed by atoms with van der Waals surface area (Å²) in [5.74, 6) is 0. The van der Waals surface area contributed by atoms with E-state index in [0.29, 0.717) is 18.0 Å². The topological polar surface area (TPSA) is 12.0 Å². The van der Waals surface area contributed by atoms with E-state index >= 15 is 0 Å². The molecule has 0 unspecified atom stereocenters. The average Bonchev–Trinajstić information content (AvgIpc) is 2.09. The van der Waals surface area contributed by atoms with Crippen LogP contribution in [0, 0.1) is 0 Å². The van der Waals surface area contributed by atoms with Gasteiger partial charge in [-0.1, -0.05) is 23.7 Å². The van der Waals surface area contributed by atoms with Crippen LogP contribution in [0.5, 0.6) is 0 Å². The van der Waals surface area contributed by atoms with Gasteiger partial charge in [-0.15, -0.1) is 0 Å². The van der Waals surface area contributed by atoms with Crippen LogP contribution in [0.15, 0.2) is 24.3 Å². The molecule has 3 heteroatoms. The smallest absolute Gasteiger partial charge is 0.116 e. The third kappa shape index (κ3) is 3.75. The van der Waals surface area contributed by atoms with Crippen LogP contribution in [0.4, 0.5) is 4.39 Å². The fourth-order valence-corrected chi connectivity index (χ4v) is 1.30. The van der Waals surface area contributed by atoms with Gasteiger partial charge < -0.3 is 5.32 Å². The summed E-state index contributed by atoms with van der Waals surface area (Å²) < 4.78 is 13.1. The molecule has 0 radical (unpaired) electrons. The van der Waals surface area contributed by atoms with Crippen LogP contribution < -0.4 is 5.32 Å². The lowest BCUT2D eigenvalue weighted by atomic mass is 10.1. The van der Waals surface area contributed by atoms with Gasteiger partial charge in [-0.05, 0) is 24.7 Å². The van der Waals surface area contributed by atoms with Gasteiger partial charge in [0.15, 0.2) is 0 Å². The molecule has 1 aromatic rings. The standard InChI is InChI=1S/C10H13ClFN/c1-13-7-10(12)6-8-2-4-9(11)5-3-8/h2-5,10,13H,6-7H2,1H3/t10-/m0/s1. The van der Waals surface area contributed by atoms with E-state index in [1.54, 1.807) is 19.2 Å². The Bertz CT molecular complexity index is 248. The molecule has 0 heterocycles. The van der Waals surface area contributed by atoms with Crippen molar-refractivity contribution >= 4 is 11.6 Å². The maximum absolute atomic E-state index is 13.1. The molecular formula is C10H13ClFN. The van der Waals surface area contributed by atoms with E-state index in [1.807, 2.05) is 12.1 Å². The van der Waals surface area contributed by atoms with Gasteiger partial charge in [-0.25, -0.2) is 4.39 Å². The molecule has 0 saturated heterocycles. The molecule has 1 aromatic carbocycles. The molecular weight excluding hydrogens is 189 g/mol. The third-order valence-corrected chi connectivity index (χ3v) is 2.05. The Balaban J connectivity index is 2.49. The largest absolute Gasteiger partial charge is 0.317 e. The van der Waals surface area contributed by atoms with E-state index in [0.717, 1.165) is 5.56 Å². The summed E-state index contributed by atoms with van der Waals surface area (Å²) in [6.07, 6.45) is -0.385. The van der Waals surface area contributed by atoms with Crippen LogP contribution in [-0.4, -0.2) is 19.8 Å². The van der Waals surface area contributed by atoms with Crippen molar-refractivity contribution in [1.82, 2.24) is 5.32 Å². The first-order valence-electron chi connectivity index (χ1n) is 4.25. The van der Waals surface area contributed by atoms with Gasteiger partial charge in [-0.2, -0.15) is 0 Å². The van der Waals surface area contributed by atoms with E-state index < -0.39 is 6.17 Å². The zero-order chi connectivity index (χ0) is 9.68. The molecule has 0 aromatic heterocycles. The Morgan fingerprint density at radius 3 is 2.54 bits per heavy atom. The maximum atomic E-state index is 13.1. The Kier molecular flexibility index (Phi) is 4.19. The molecule has 0 aliphatic carbocycles. The highest BCUT2D eigenvalue weighted by molar-refractivity contribution is 6.30. The average molecular weight is 202 g/mol. The molecule has 0 saturated carbocycles. The molecule has 1 nitrogen and oxygen atoms in total. The Labute approximate surface area is 82.9 Å². The summed E-state index contributed by atoms with van der Waals surface area (Å²) in [6.45, 7) is 0.391. The molecule has 1 N–H and O–H groups in total. The molecule has 0 amide bonds. The van der Waals surface area contributed by atoms with Crippen molar-refractivity contribution in [2.24, 2.45) is 0 Å². The number of rotatable bonds is 4. The fourth-order valence-electron chi connectivity index (χ4n) is 1.17. The number of nitrogens with one attached hydrogen (secondary N) is 1. The van der Waals surface area contributed by atoms with Crippen molar-refractivity contribution < 1.29 is 4.39 Å². The highest BCUT2D eigenvalue weighted by atomic mass is 35.5. The predicted molar refractivity (Wildman–Crippen MR) is 54.0 cm³/mol. The molecule has 0 aliphatic rings. The number of benzene rings is 1. The molecule has 1 rings (SSSR count). The second-order valence-corrected chi connectivity index (χ2v) is 3.42. The van der Waals surface area contributed by atoms with Gasteiger partial charge in [-0.3, -0.25) is 0 Å². The van der Waals surface area contributed by atoms with Crippen LogP contribution in [0.25, 0.3) is 0 Å². The van der Waals surface area contributed by atoms with E-state index in [-0.39, 0.29) is 0 Å². The van der Waals surface area contributed by atoms with E-state index in [2.05, 4.69) is 5.32 Å². The first-order chi connectivity index (χ1) is 6.22. The normalized spacial score (nSPS) is 12.8. The predicted octanol–water partition coefficient (Wildman–Crippen LogP) is 2.44. The Morgan fingerprint density at radius 2 is 2.00 bits per heavy atom. The summed E-state index contributed by atoms with van der Waals surface area (Å²) in [6, 6.07) is 7.26. The molecule has 72 valence electrons. The van der Waals surface area contributed by atoms with E-state index in [4.69, 9.17) is 11.6 Å². The fraction of sp³-hybridized carbons (Fsp3) is 0.400. The van der Waals surface area contributed by atoms with Gasteiger partial charge in [0.25, 0.3) is 0 Å². The minimum absolute atomic E-state index is 0.391. The molecule has 1 atom stereocenters. The Morgan fingerprint density at radius 1 is 1.38 bits per heavy atom. The van der Waals surface area contributed by atoms with E-state index in [9.17, 15) is 4.39 Å². The first kappa shape index (κ1) is 10.5. The molecule has 0 bridgehead atoms. The van der Waals surface area contributed by atoms with Crippen molar-refractivity contribution in [3.8, 4) is 0 Å². The van der Waals surface area contributed by atoms with Crippen molar-refractivity contribution in [3.05, 3.63) is 34.9 Å². The molecule has 13 heavy (non-hydrogen) atoms. The number of halogens is 2. The highest BCUT2D eigenvalue weighted by Gasteiger charge is 2.05. The van der Waals surface area contributed by atoms with Gasteiger partial charge in [0.2, 0.25) is 0 Å². The second kappa shape index (κ2) is 5.20. The monoisotopic (exact) mass is 201 g/mol. The number of alkyl halides is 1. The van der Waals surface area contributed by atoms with Gasteiger partial charge in [0.1, 0.15) is 6.17 Å². The number of hydrogen-bond donors (Lipinski definition) is 1. The van der Waals surface area contributed by atoms with Crippen LogP contribution >= 0.6 is 11.6 Å². The first-order valence-corrected chi connectivity index (χ1v) is 4.63. The summed E-state index contributed by atoms with van der Waals surface area (Å²) in [5, 5.41) is 3.49. The van der Waals surface area contributed by atoms with Crippen LogP contribution in [0.2, 0.25) is 5.02 Å². The zero-order valence-corrected chi connectivity index (χ0v) is 8.31. The lowest BCUT2D eigenvalue weighted by molar-refractivity contribution is 0.324. The van der Waals surface area contributed by atoms with Gasteiger partial charge >= 0.3 is 0 Å². The Hall–Kier alpha value is -0.600. The summed E-state index contributed by atoms with van der Waals surface area (Å²) in [7, 11) is 1.74. The number of hydrogen-bond acceptors (Lipinski definition) is 1. The zero-order valence-electron chi connectivity index (χ0n) is 7.56. The molecule has 0 spiro atoms. The van der Waals surface area contributed by atoms with E-state index in [1.165, 1.54) is 0 Å². The quantitative estimate of drug-likeness (QED) is 0.789. The SMILES string of the molecule is CNC[C@@H](F)Cc1ccc(Cl)cc1. The molecule has 0 aliphatic heterocycles. The van der Waals surface area contributed by atoms with Crippen molar-refractivity contribution in [1.29, 1.82) is 0 Å². The third-order valence-electron chi connectivity index (χ3n) is 1.80. The van der Waals surface area contributed by atoms with Crippen molar-refractivity contribution in [3.63, 3.8) is 0 Å². The lowest BCUT2D eigenvalue weighted by Crippen LogP contribution is -2.21. The highest BCUT2D eigenvalue weighted by Crippen LogP contribution is 2.11. The summed E-state index contributed by atoms with van der Waals surface area (Å²) in [5.41, 5.74) is 0.979. The van der Waals surface area contributed by atoms with Gasteiger partial charge in [0.05, 0.1) is 0 Å². The molecule has 0 fully saturated rings. The van der Waals surface area contributed by atoms with Crippen molar-refractivity contribution in [2.45, 2.75) is 12.6 Å². The van der Waals surface area contributed by atoms with Crippen LogP contribution in [-0.2, 0) is 6.42 Å². The summed E-state index contributed by atoms with van der Waals surface area (Å²) >= 11 is 5.70.